The number of hydrogen-bond acceptors (Lipinski definition) is 11. The summed E-state index contributed by atoms with van der Waals surface area (Å²) in [5, 5.41) is 32.3. The summed E-state index contributed by atoms with van der Waals surface area (Å²) >= 11 is 0. The van der Waals surface area contributed by atoms with Gasteiger partial charge in [-0.25, -0.2) is 4.79 Å². The molecule has 0 atom stereocenters. The summed E-state index contributed by atoms with van der Waals surface area (Å²) in [5.41, 5.74) is 2.80. The van der Waals surface area contributed by atoms with Crippen molar-refractivity contribution in [3.8, 4) is 11.5 Å². The molecule has 0 heterocycles. The van der Waals surface area contributed by atoms with Gasteiger partial charge in [-0.05, 0) is 73.5 Å². The van der Waals surface area contributed by atoms with Crippen molar-refractivity contribution in [2.45, 2.75) is 23.6 Å². The Balaban J connectivity index is 1.18. The Hall–Kier alpha value is -6.53. The maximum absolute atomic E-state index is 13.1. The van der Waals surface area contributed by atoms with Crippen LogP contribution < -0.4 is 21.3 Å². The zero-order valence-electron chi connectivity index (χ0n) is 28.2. The number of nitrogens with one attached hydrogen (secondary N) is 4. The summed E-state index contributed by atoms with van der Waals surface area (Å²) in [4.78, 5) is 38.0. The Bertz CT molecular complexity index is 2600. The fourth-order valence-electron chi connectivity index (χ4n) is 5.66. The number of rotatable bonds is 8. The number of hydrogen-bond donors (Lipinski definition) is 8. The third kappa shape index (κ3) is 7.79. The highest BCUT2D eigenvalue weighted by Crippen LogP contribution is 2.37. The summed E-state index contributed by atoms with van der Waals surface area (Å²) in [7, 11) is -9.28. The van der Waals surface area contributed by atoms with Gasteiger partial charge in [0.25, 0.3) is 32.1 Å². The van der Waals surface area contributed by atoms with Crippen LogP contribution in [-0.4, -0.2) is 54.0 Å². The Kier molecular flexibility index (Phi) is 9.74. The molecule has 0 aliphatic carbocycles. The first kappa shape index (κ1) is 37.2. The molecule has 4 amide bonds. The van der Waals surface area contributed by atoms with Gasteiger partial charge in [-0.2, -0.15) is 16.8 Å². The standard InChI is InChI=1S/C37H30N4O11S2/c1-19-9-11-21(13-31(19)38-29-7-3-5-25-27(29)15-23(17-33(25)42)53(47,48)49)35(44)40-37(46)41-36(45)22-12-10-20(2)32(14-22)39-30-8-4-6-26-28(30)16-24(18-34(26)43)54(50,51)52/h3-18,38-39,42-43H,1-2H3,(H,47,48,49)(H,50,51,52)(H2,40,41,44,45,46). The Morgan fingerprint density at radius 2 is 0.889 bits per heavy atom. The quantitative estimate of drug-likeness (QED) is 0.0795. The third-order valence-corrected chi connectivity index (χ3v) is 10.1. The highest BCUT2D eigenvalue weighted by molar-refractivity contribution is 7.86. The lowest BCUT2D eigenvalue weighted by atomic mass is 10.1. The third-order valence-electron chi connectivity index (χ3n) is 8.48. The molecule has 54 heavy (non-hydrogen) atoms. The van der Waals surface area contributed by atoms with Crippen LogP contribution in [0.25, 0.3) is 21.5 Å². The van der Waals surface area contributed by atoms with E-state index in [0.717, 1.165) is 12.1 Å². The molecule has 6 aromatic carbocycles. The number of carbonyl (C=O) groups excluding carboxylic acids is 3. The predicted molar refractivity (Wildman–Crippen MR) is 200 cm³/mol. The number of urea groups is 1. The fourth-order valence-corrected chi connectivity index (χ4v) is 6.72. The molecule has 0 bridgehead atoms. The molecule has 0 unspecified atom stereocenters. The van der Waals surface area contributed by atoms with Crippen molar-refractivity contribution in [1.29, 1.82) is 0 Å². The second-order valence-corrected chi connectivity index (χ2v) is 15.0. The molecule has 6 rings (SSSR count). The van der Waals surface area contributed by atoms with Crippen LogP contribution in [0, 0.1) is 13.8 Å². The maximum Gasteiger partial charge on any atom is 0.328 e. The molecule has 17 heteroatoms. The second-order valence-electron chi connectivity index (χ2n) is 12.2. The first-order valence-electron chi connectivity index (χ1n) is 15.8. The minimum Gasteiger partial charge on any atom is -0.507 e. The van der Waals surface area contributed by atoms with Crippen LogP contribution in [0.4, 0.5) is 27.5 Å². The average Bonchev–Trinajstić information content (AvgIpc) is 3.09. The van der Waals surface area contributed by atoms with E-state index in [0.29, 0.717) is 44.6 Å². The van der Waals surface area contributed by atoms with Gasteiger partial charge in [0.1, 0.15) is 11.5 Å². The number of phenols is 2. The largest absolute Gasteiger partial charge is 0.507 e. The molecule has 15 nitrogen and oxygen atoms in total. The predicted octanol–water partition coefficient (Wildman–Crippen LogP) is 6.28. The van der Waals surface area contributed by atoms with E-state index in [1.54, 1.807) is 62.4 Å². The van der Waals surface area contributed by atoms with Gasteiger partial charge < -0.3 is 20.8 Å². The highest BCUT2D eigenvalue weighted by atomic mass is 32.2. The zero-order valence-corrected chi connectivity index (χ0v) is 29.8. The van der Waals surface area contributed by atoms with Crippen molar-refractivity contribution in [3.63, 3.8) is 0 Å². The summed E-state index contributed by atoms with van der Waals surface area (Å²) in [6.07, 6.45) is 0. The molecule has 276 valence electrons. The fraction of sp³-hybridized carbons (Fsp3) is 0.0541. The number of amides is 4. The van der Waals surface area contributed by atoms with E-state index in [-0.39, 0.29) is 33.4 Å². The van der Waals surface area contributed by atoms with Crippen LogP contribution in [0.3, 0.4) is 0 Å². The number of anilines is 4. The van der Waals surface area contributed by atoms with Gasteiger partial charge in [0.2, 0.25) is 0 Å². The van der Waals surface area contributed by atoms with Crippen molar-refractivity contribution in [2.75, 3.05) is 10.6 Å². The van der Waals surface area contributed by atoms with Crippen molar-refractivity contribution < 1.29 is 50.5 Å². The van der Waals surface area contributed by atoms with E-state index in [2.05, 4.69) is 21.3 Å². The number of fused-ring (bicyclic) bond motifs is 2. The van der Waals surface area contributed by atoms with E-state index in [1.807, 2.05) is 0 Å². The van der Waals surface area contributed by atoms with Gasteiger partial charge >= 0.3 is 6.03 Å². The number of phenolic OH excluding ortho intramolecular Hbond substituents is 2. The van der Waals surface area contributed by atoms with Crippen LogP contribution in [0.5, 0.6) is 11.5 Å². The van der Waals surface area contributed by atoms with Gasteiger partial charge in [-0.15, -0.1) is 0 Å². The van der Waals surface area contributed by atoms with Crippen LogP contribution in [-0.2, 0) is 20.2 Å². The Labute approximate surface area is 307 Å². The molecule has 0 saturated carbocycles. The van der Waals surface area contributed by atoms with Crippen molar-refractivity contribution in [3.05, 3.63) is 119 Å². The van der Waals surface area contributed by atoms with Crippen molar-refractivity contribution in [2.24, 2.45) is 0 Å². The topological polar surface area (TPSA) is 249 Å². The van der Waals surface area contributed by atoms with Gasteiger partial charge in [0.05, 0.1) is 9.79 Å². The molecule has 0 spiro atoms. The van der Waals surface area contributed by atoms with E-state index < -0.39 is 47.9 Å². The van der Waals surface area contributed by atoms with Crippen LogP contribution in [0.2, 0.25) is 0 Å². The van der Waals surface area contributed by atoms with Crippen LogP contribution >= 0.6 is 0 Å². The molecule has 6 aromatic rings. The van der Waals surface area contributed by atoms with Gasteiger partial charge in [-0.3, -0.25) is 29.3 Å². The normalized spacial score (nSPS) is 11.6. The summed E-state index contributed by atoms with van der Waals surface area (Å²) < 4.78 is 66.2. The number of aryl methyl sites for hydroxylation is 2. The van der Waals surface area contributed by atoms with Gasteiger partial charge in [0, 0.05) is 67.6 Å². The first-order valence-corrected chi connectivity index (χ1v) is 18.7. The maximum atomic E-state index is 13.1. The van der Waals surface area contributed by atoms with E-state index in [4.69, 9.17) is 0 Å². The van der Waals surface area contributed by atoms with E-state index in [1.165, 1.54) is 36.4 Å². The molecule has 0 saturated heterocycles. The summed E-state index contributed by atoms with van der Waals surface area (Å²) in [6.45, 7) is 3.46. The van der Waals surface area contributed by atoms with Crippen molar-refractivity contribution in [1.82, 2.24) is 10.6 Å². The minimum absolute atomic E-state index is 0.0208. The lowest BCUT2D eigenvalue weighted by molar-refractivity contribution is 0.0944. The molecular weight excluding hydrogens is 741 g/mol. The van der Waals surface area contributed by atoms with Crippen LogP contribution in [0.15, 0.2) is 107 Å². The first-order chi connectivity index (χ1) is 25.4. The molecule has 0 aromatic heterocycles. The molecule has 0 aliphatic heterocycles. The molecule has 8 N–H and O–H groups in total. The summed E-state index contributed by atoms with van der Waals surface area (Å²) in [5.74, 6) is -2.48. The minimum atomic E-state index is -4.64. The van der Waals surface area contributed by atoms with Crippen molar-refractivity contribution >= 4 is 82.4 Å². The van der Waals surface area contributed by atoms with Gasteiger partial charge in [0.15, 0.2) is 0 Å². The summed E-state index contributed by atoms with van der Waals surface area (Å²) in [6, 6.07) is 21.5. The molecular formula is C37H30N4O11S2. The van der Waals surface area contributed by atoms with Crippen LogP contribution in [0.1, 0.15) is 31.8 Å². The zero-order chi connectivity index (χ0) is 39.1. The average molecular weight is 771 g/mol. The Morgan fingerprint density at radius 3 is 1.26 bits per heavy atom. The number of aromatic hydroxyl groups is 2. The molecule has 0 aliphatic rings. The SMILES string of the molecule is Cc1ccc(C(=O)NC(=O)NC(=O)c2ccc(C)c(Nc3cccc4c(O)cc(S(=O)(=O)O)cc34)c2)cc1Nc1cccc2c(O)cc(S(=O)(=O)O)cc12. The number of carbonyl (C=O) groups is 3. The second kappa shape index (κ2) is 14.1. The highest BCUT2D eigenvalue weighted by Gasteiger charge is 2.20. The number of imide groups is 2. The lowest BCUT2D eigenvalue weighted by Gasteiger charge is -2.15. The van der Waals surface area contributed by atoms with E-state index in [9.17, 15) is 50.5 Å². The molecule has 0 fully saturated rings. The smallest absolute Gasteiger partial charge is 0.328 e. The molecule has 0 radical (unpaired) electrons. The van der Waals surface area contributed by atoms with E-state index >= 15 is 0 Å². The Morgan fingerprint density at radius 1 is 0.500 bits per heavy atom. The monoisotopic (exact) mass is 770 g/mol. The lowest BCUT2D eigenvalue weighted by Crippen LogP contribution is -2.42. The van der Waals surface area contributed by atoms with Gasteiger partial charge in [-0.1, -0.05) is 36.4 Å². The number of benzene rings is 6.